The van der Waals surface area contributed by atoms with Gasteiger partial charge < -0.3 is 10.4 Å². The molecule has 1 heterocycles. The SMILES string of the molecule is CCC(O)(CC)c1ccc2sc(NC(C)=O)nc2c1. The van der Waals surface area contributed by atoms with Crippen LogP contribution < -0.4 is 5.32 Å². The molecule has 0 aliphatic carbocycles. The lowest BCUT2D eigenvalue weighted by Crippen LogP contribution is -2.23. The number of thiazole rings is 1. The van der Waals surface area contributed by atoms with Crippen molar-refractivity contribution in [2.45, 2.75) is 39.2 Å². The van der Waals surface area contributed by atoms with Crippen molar-refractivity contribution in [3.63, 3.8) is 0 Å². The van der Waals surface area contributed by atoms with Gasteiger partial charge in [0.15, 0.2) is 5.13 Å². The first-order valence-electron chi connectivity index (χ1n) is 6.39. The van der Waals surface area contributed by atoms with Gasteiger partial charge in [-0.2, -0.15) is 0 Å². The van der Waals surface area contributed by atoms with E-state index >= 15 is 0 Å². The van der Waals surface area contributed by atoms with Crippen LogP contribution in [0.15, 0.2) is 18.2 Å². The molecule has 0 unspecified atom stereocenters. The maximum absolute atomic E-state index is 11.0. The lowest BCUT2D eigenvalue weighted by molar-refractivity contribution is -0.114. The summed E-state index contributed by atoms with van der Waals surface area (Å²) in [7, 11) is 0. The molecular formula is C14H18N2O2S. The molecule has 0 aliphatic rings. The fraction of sp³-hybridized carbons (Fsp3) is 0.429. The van der Waals surface area contributed by atoms with E-state index in [0.29, 0.717) is 18.0 Å². The maximum Gasteiger partial charge on any atom is 0.223 e. The number of benzene rings is 1. The van der Waals surface area contributed by atoms with Gasteiger partial charge in [-0.15, -0.1) is 0 Å². The smallest absolute Gasteiger partial charge is 0.223 e. The third-order valence-corrected chi connectivity index (χ3v) is 4.33. The number of fused-ring (bicyclic) bond motifs is 1. The van der Waals surface area contributed by atoms with Crippen LogP contribution in [0.2, 0.25) is 0 Å². The number of rotatable bonds is 4. The zero-order valence-electron chi connectivity index (χ0n) is 11.4. The van der Waals surface area contributed by atoms with Gasteiger partial charge in [0.2, 0.25) is 5.91 Å². The van der Waals surface area contributed by atoms with Crippen LogP contribution in [0.25, 0.3) is 10.2 Å². The van der Waals surface area contributed by atoms with Gasteiger partial charge in [0, 0.05) is 6.92 Å². The van der Waals surface area contributed by atoms with Crippen molar-refractivity contribution in [2.75, 3.05) is 5.32 Å². The van der Waals surface area contributed by atoms with Crippen LogP contribution in [-0.4, -0.2) is 16.0 Å². The fourth-order valence-electron chi connectivity index (χ4n) is 2.08. The van der Waals surface area contributed by atoms with E-state index in [1.54, 1.807) is 0 Å². The van der Waals surface area contributed by atoms with Gasteiger partial charge in [0.25, 0.3) is 0 Å². The van der Waals surface area contributed by atoms with Gasteiger partial charge in [0.1, 0.15) is 0 Å². The van der Waals surface area contributed by atoms with E-state index in [0.717, 1.165) is 15.8 Å². The van der Waals surface area contributed by atoms with Crippen molar-refractivity contribution >= 4 is 32.6 Å². The summed E-state index contributed by atoms with van der Waals surface area (Å²) in [5.74, 6) is -0.127. The first-order valence-corrected chi connectivity index (χ1v) is 7.21. The van der Waals surface area contributed by atoms with Crippen LogP contribution in [0.4, 0.5) is 5.13 Å². The minimum atomic E-state index is -0.800. The largest absolute Gasteiger partial charge is 0.385 e. The van der Waals surface area contributed by atoms with E-state index in [-0.39, 0.29) is 5.91 Å². The molecule has 0 saturated carbocycles. The molecule has 0 aliphatic heterocycles. The highest BCUT2D eigenvalue weighted by molar-refractivity contribution is 7.22. The highest BCUT2D eigenvalue weighted by Gasteiger charge is 2.25. The Morgan fingerprint density at radius 2 is 2.11 bits per heavy atom. The third kappa shape index (κ3) is 2.77. The number of hydrogen-bond acceptors (Lipinski definition) is 4. The summed E-state index contributed by atoms with van der Waals surface area (Å²) in [6, 6.07) is 5.79. The number of anilines is 1. The lowest BCUT2D eigenvalue weighted by atomic mass is 9.88. The number of carbonyl (C=O) groups is 1. The van der Waals surface area contributed by atoms with Gasteiger partial charge in [-0.25, -0.2) is 4.98 Å². The van der Waals surface area contributed by atoms with E-state index in [4.69, 9.17) is 0 Å². The third-order valence-electron chi connectivity index (χ3n) is 3.38. The predicted octanol–water partition coefficient (Wildman–Crippen LogP) is 3.26. The van der Waals surface area contributed by atoms with Gasteiger partial charge in [0.05, 0.1) is 15.8 Å². The topological polar surface area (TPSA) is 62.2 Å². The summed E-state index contributed by atoms with van der Waals surface area (Å²) in [5, 5.41) is 13.8. The van der Waals surface area contributed by atoms with Crippen LogP contribution in [0.1, 0.15) is 39.2 Å². The van der Waals surface area contributed by atoms with E-state index in [9.17, 15) is 9.90 Å². The number of carbonyl (C=O) groups excluding carboxylic acids is 1. The second-order valence-electron chi connectivity index (χ2n) is 4.62. The number of nitrogens with zero attached hydrogens (tertiary/aromatic N) is 1. The monoisotopic (exact) mass is 278 g/mol. The van der Waals surface area contributed by atoms with Gasteiger partial charge in [-0.1, -0.05) is 31.3 Å². The van der Waals surface area contributed by atoms with Crippen molar-refractivity contribution in [2.24, 2.45) is 0 Å². The van der Waals surface area contributed by atoms with E-state index in [1.165, 1.54) is 18.3 Å². The molecule has 1 aromatic heterocycles. The molecule has 102 valence electrons. The molecule has 2 N–H and O–H groups in total. The maximum atomic E-state index is 11.0. The van der Waals surface area contributed by atoms with Crippen LogP contribution in [0, 0.1) is 0 Å². The van der Waals surface area contributed by atoms with Crippen molar-refractivity contribution in [3.05, 3.63) is 23.8 Å². The van der Waals surface area contributed by atoms with Crippen molar-refractivity contribution < 1.29 is 9.90 Å². The average Bonchev–Trinajstić information content (AvgIpc) is 2.77. The minimum absolute atomic E-state index is 0.127. The van der Waals surface area contributed by atoms with Gasteiger partial charge >= 0.3 is 0 Å². The van der Waals surface area contributed by atoms with Crippen molar-refractivity contribution in [3.8, 4) is 0 Å². The second-order valence-corrected chi connectivity index (χ2v) is 5.65. The molecule has 0 bridgehead atoms. The van der Waals surface area contributed by atoms with Crippen LogP contribution >= 0.6 is 11.3 Å². The number of amides is 1. The number of nitrogens with one attached hydrogen (secondary N) is 1. The molecule has 2 aromatic rings. The Hall–Kier alpha value is -1.46. The summed E-state index contributed by atoms with van der Waals surface area (Å²) in [6.45, 7) is 5.40. The quantitative estimate of drug-likeness (QED) is 0.902. The summed E-state index contributed by atoms with van der Waals surface area (Å²) in [4.78, 5) is 15.4. The van der Waals surface area contributed by atoms with Crippen molar-refractivity contribution in [1.82, 2.24) is 4.98 Å². The zero-order valence-corrected chi connectivity index (χ0v) is 12.2. The van der Waals surface area contributed by atoms with Crippen LogP contribution in [0.3, 0.4) is 0 Å². The number of aromatic nitrogens is 1. The van der Waals surface area contributed by atoms with Crippen molar-refractivity contribution in [1.29, 1.82) is 0 Å². The molecule has 2 rings (SSSR count). The Bertz CT molecular complexity index is 603. The highest BCUT2D eigenvalue weighted by atomic mass is 32.1. The Kier molecular flexibility index (Phi) is 3.87. The standard InChI is InChI=1S/C14H18N2O2S/c1-4-14(18,5-2)10-6-7-12-11(8-10)16-13(19-12)15-9(3)17/h6-8,18H,4-5H2,1-3H3,(H,15,16,17). The van der Waals surface area contributed by atoms with Gasteiger partial charge in [-0.05, 0) is 30.5 Å². The molecule has 1 amide bonds. The molecule has 0 saturated heterocycles. The Labute approximate surface area is 116 Å². The summed E-state index contributed by atoms with van der Waals surface area (Å²) in [6.07, 6.45) is 1.33. The molecule has 4 nitrogen and oxygen atoms in total. The normalized spacial score (nSPS) is 11.8. The Morgan fingerprint density at radius 3 is 2.68 bits per heavy atom. The van der Waals surface area contributed by atoms with E-state index in [2.05, 4.69) is 10.3 Å². The molecule has 0 atom stereocenters. The Balaban J connectivity index is 2.43. The molecule has 0 spiro atoms. The van der Waals surface area contributed by atoms with Gasteiger partial charge in [-0.3, -0.25) is 4.79 Å². The van der Waals surface area contributed by atoms with E-state index < -0.39 is 5.60 Å². The molecular weight excluding hydrogens is 260 g/mol. The predicted molar refractivity (Wildman–Crippen MR) is 78.4 cm³/mol. The fourth-order valence-corrected chi connectivity index (χ4v) is 2.97. The first kappa shape index (κ1) is 14.0. The summed E-state index contributed by atoms with van der Waals surface area (Å²) in [5.41, 5.74) is 0.891. The molecule has 0 fully saturated rings. The van der Waals surface area contributed by atoms with Crippen LogP contribution in [-0.2, 0) is 10.4 Å². The molecule has 0 radical (unpaired) electrons. The number of aliphatic hydroxyl groups is 1. The first-order chi connectivity index (χ1) is 8.98. The summed E-state index contributed by atoms with van der Waals surface area (Å²) >= 11 is 1.44. The molecule has 19 heavy (non-hydrogen) atoms. The van der Waals surface area contributed by atoms with E-state index in [1.807, 2.05) is 32.0 Å². The zero-order chi connectivity index (χ0) is 14.0. The Morgan fingerprint density at radius 1 is 1.42 bits per heavy atom. The van der Waals surface area contributed by atoms with Crippen LogP contribution in [0.5, 0.6) is 0 Å². The molecule has 5 heteroatoms. The lowest BCUT2D eigenvalue weighted by Gasteiger charge is -2.25. The second kappa shape index (κ2) is 5.27. The average molecular weight is 278 g/mol. The summed E-state index contributed by atoms with van der Waals surface area (Å²) < 4.78 is 1.00. The highest BCUT2D eigenvalue weighted by Crippen LogP contribution is 2.33. The molecule has 1 aromatic carbocycles. The minimum Gasteiger partial charge on any atom is -0.385 e. The number of hydrogen-bond donors (Lipinski definition) is 2.